The second kappa shape index (κ2) is 7.95. The Kier molecular flexibility index (Phi) is 5.61. The van der Waals surface area contributed by atoms with Crippen LogP contribution in [0.15, 0.2) is 23.2 Å². The summed E-state index contributed by atoms with van der Waals surface area (Å²) in [6.45, 7) is 0. The van der Waals surface area contributed by atoms with Crippen molar-refractivity contribution in [3.63, 3.8) is 0 Å². The van der Waals surface area contributed by atoms with Crippen LogP contribution in [0.25, 0.3) is 11.6 Å². The predicted molar refractivity (Wildman–Crippen MR) is 107 cm³/mol. The van der Waals surface area contributed by atoms with E-state index in [-0.39, 0.29) is 22.7 Å². The first-order valence-electron chi connectivity index (χ1n) is 8.15. The number of hydrogen-bond donors (Lipinski definition) is 3. The van der Waals surface area contributed by atoms with Crippen molar-refractivity contribution in [3.05, 3.63) is 32.6 Å². The van der Waals surface area contributed by atoms with Crippen molar-refractivity contribution >= 4 is 59.0 Å². The summed E-state index contributed by atoms with van der Waals surface area (Å²) in [4.78, 5) is 27.1. The Morgan fingerprint density at radius 1 is 1.39 bits per heavy atom. The second-order valence-corrected chi connectivity index (χ2v) is 7.63. The third-order valence-electron chi connectivity index (χ3n) is 4.22. The van der Waals surface area contributed by atoms with E-state index in [1.165, 1.54) is 0 Å². The number of nitrogens with zero attached hydrogens (tertiary/aromatic N) is 2. The summed E-state index contributed by atoms with van der Waals surface area (Å²) in [7, 11) is 1.56. The predicted octanol–water partition coefficient (Wildman–Crippen LogP) is 3.74. The topological polar surface area (TPSA) is 121 Å². The number of carbonyl (C=O) groups is 2. The average Bonchev–Trinajstić information content (AvgIpc) is 3.16. The number of hydrogen-bond acceptors (Lipinski definition) is 7. The SMILES string of the molecule is COc1ccc2c(c1)N=CC2=Cc1sc(=S)n([C@H](CCC(=O)O)C(=O)O)c1O. The number of thiazole rings is 1. The highest BCUT2D eigenvalue weighted by molar-refractivity contribution is 7.73. The quantitative estimate of drug-likeness (QED) is 0.583. The summed E-state index contributed by atoms with van der Waals surface area (Å²) < 4.78 is 6.40. The fourth-order valence-electron chi connectivity index (χ4n) is 2.84. The summed E-state index contributed by atoms with van der Waals surface area (Å²) in [5.74, 6) is -2.02. The molecule has 0 aliphatic carbocycles. The molecule has 2 heterocycles. The molecule has 8 nitrogen and oxygen atoms in total. The lowest BCUT2D eigenvalue weighted by Gasteiger charge is -2.14. The third kappa shape index (κ3) is 3.82. The maximum absolute atomic E-state index is 11.6. The first kappa shape index (κ1) is 19.8. The number of aliphatic imine (C=N–C) groups is 1. The molecule has 1 aromatic carbocycles. The molecule has 1 aliphatic heterocycles. The molecule has 28 heavy (non-hydrogen) atoms. The number of aromatic nitrogens is 1. The molecular weight excluding hydrogens is 404 g/mol. The number of carboxylic acids is 2. The molecule has 146 valence electrons. The van der Waals surface area contributed by atoms with E-state index in [4.69, 9.17) is 22.1 Å². The molecule has 2 aromatic rings. The number of rotatable bonds is 7. The summed E-state index contributed by atoms with van der Waals surface area (Å²) >= 11 is 6.26. The van der Waals surface area contributed by atoms with Gasteiger partial charge in [-0.3, -0.25) is 14.4 Å². The molecule has 1 atom stereocenters. The molecule has 0 unspecified atom stereocenters. The summed E-state index contributed by atoms with van der Waals surface area (Å²) in [5, 5.41) is 28.9. The molecular formula is C18H16N2O6S2. The molecule has 3 rings (SSSR count). The van der Waals surface area contributed by atoms with E-state index < -0.39 is 18.0 Å². The van der Waals surface area contributed by atoms with Crippen molar-refractivity contribution in [3.8, 4) is 11.6 Å². The molecule has 10 heteroatoms. The van der Waals surface area contributed by atoms with Gasteiger partial charge in [-0.15, -0.1) is 11.3 Å². The molecule has 0 saturated heterocycles. The summed E-state index contributed by atoms with van der Waals surface area (Å²) in [6, 6.07) is 4.15. The van der Waals surface area contributed by atoms with Crippen molar-refractivity contribution in [2.45, 2.75) is 18.9 Å². The van der Waals surface area contributed by atoms with Gasteiger partial charge >= 0.3 is 11.9 Å². The van der Waals surface area contributed by atoms with Crippen LogP contribution < -0.4 is 4.74 Å². The fourth-order valence-corrected chi connectivity index (χ4v) is 4.20. The first-order chi connectivity index (χ1) is 13.3. The Bertz CT molecular complexity index is 1070. The van der Waals surface area contributed by atoms with Gasteiger partial charge in [-0.05, 0) is 36.8 Å². The fraction of sp³-hybridized carbons (Fsp3) is 0.222. The van der Waals surface area contributed by atoms with Crippen molar-refractivity contribution < 1.29 is 29.6 Å². The number of benzene rings is 1. The lowest BCUT2D eigenvalue weighted by atomic mass is 10.1. The number of fused-ring (bicyclic) bond motifs is 1. The van der Waals surface area contributed by atoms with Crippen LogP contribution in [0.2, 0.25) is 0 Å². The smallest absolute Gasteiger partial charge is 0.326 e. The summed E-state index contributed by atoms with van der Waals surface area (Å²) in [5.41, 5.74) is 2.29. The van der Waals surface area contributed by atoms with Gasteiger partial charge in [0.2, 0.25) is 5.88 Å². The highest BCUT2D eigenvalue weighted by Crippen LogP contribution is 2.39. The molecule has 0 spiro atoms. The van der Waals surface area contributed by atoms with Crippen LogP contribution in [0.3, 0.4) is 0 Å². The maximum atomic E-state index is 11.6. The zero-order valence-electron chi connectivity index (χ0n) is 14.7. The molecule has 0 radical (unpaired) electrons. The van der Waals surface area contributed by atoms with Crippen molar-refractivity contribution in [2.24, 2.45) is 4.99 Å². The number of methoxy groups -OCH3 is 1. The number of ether oxygens (including phenoxy) is 1. The minimum Gasteiger partial charge on any atom is -0.497 e. The van der Waals surface area contributed by atoms with Gasteiger partial charge < -0.3 is 20.1 Å². The van der Waals surface area contributed by atoms with E-state index in [0.717, 1.165) is 32.7 Å². The van der Waals surface area contributed by atoms with Gasteiger partial charge in [0.15, 0.2) is 3.95 Å². The van der Waals surface area contributed by atoms with E-state index in [9.17, 15) is 19.8 Å². The Hall–Kier alpha value is -2.98. The van der Waals surface area contributed by atoms with Gasteiger partial charge in [-0.1, -0.05) is 0 Å². The van der Waals surface area contributed by atoms with Crippen LogP contribution in [0.5, 0.6) is 11.6 Å². The monoisotopic (exact) mass is 420 g/mol. The molecule has 0 bridgehead atoms. The van der Waals surface area contributed by atoms with Crippen LogP contribution in [0.1, 0.15) is 29.3 Å². The lowest BCUT2D eigenvalue weighted by Crippen LogP contribution is -2.20. The standard InChI is InChI=1S/C18H16N2O6S2/c1-26-10-2-3-11-9(8-19-12(11)7-10)6-14-16(23)20(18(27)28-14)13(17(24)25)4-5-15(21)22/h2-3,6-8,13,23H,4-5H2,1H3,(H,21,22)(H,24,25)/t13-/m1/s1. The van der Waals surface area contributed by atoms with Gasteiger partial charge in [-0.2, -0.15) is 0 Å². The number of aromatic hydroxyl groups is 1. The zero-order valence-corrected chi connectivity index (χ0v) is 16.3. The van der Waals surface area contributed by atoms with Crippen LogP contribution in [0.4, 0.5) is 5.69 Å². The highest BCUT2D eigenvalue weighted by Gasteiger charge is 2.26. The van der Waals surface area contributed by atoms with Gasteiger partial charge in [0.25, 0.3) is 0 Å². The number of carboxylic acid groups (broad SMARTS) is 2. The number of allylic oxidation sites excluding steroid dienone is 1. The molecule has 3 N–H and O–H groups in total. The molecule has 0 amide bonds. The van der Waals surface area contributed by atoms with Crippen molar-refractivity contribution in [2.75, 3.05) is 7.11 Å². The Labute approximate surface area is 168 Å². The Morgan fingerprint density at radius 3 is 2.79 bits per heavy atom. The molecule has 0 saturated carbocycles. The van der Waals surface area contributed by atoms with Crippen LogP contribution in [-0.2, 0) is 9.59 Å². The highest BCUT2D eigenvalue weighted by atomic mass is 32.1. The van der Waals surface area contributed by atoms with Crippen LogP contribution >= 0.6 is 23.6 Å². The Morgan fingerprint density at radius 2 is 2.14 bits per heavy atom. The first-order valence-corrected chi connectivity index (χ1v) is 9.37. The third-order valence-corrected chi connectivity index (χ3v) is 5.55. The van der Waals surface area contributed by atoms with Gasteiger partial charge in [-0.25, -0.2) is 4.79 Å². The van der Waals surface area contributed by atoms with Gasteiger partial charge in [0.05, 0.1) is 17.7 Å². The van der Waals surface area contributed by atoms with E-state index in [1.54, 1.807) is 31.5 Å². The minimum absolute atomic E-state index is 0.145. The lowest BCUT2D eigenvalue weighted by molar-refractivity contribution is -0.142. The van der Waals surface area contributed by atoms with Gasteiger partial charge in [0, 0.05) is 29.8 Å². The summed E-state index contributed by atoms with van der Waals surface area (Å²) in [6.07, 6.45) is 2.76. The second-order valence-electron chi connectivity index (χ2n) is 5.95. The molecule has 1 aromatic heterocycles. The zero-order chi connectivity index (χ0) is 20.4. The normalized spacial score (nSPS) is 14.8. The average molecular weight is 420 g/mol. The number of aliphatic carboxylic acids is 2. The maximum Gasteiger partial charge on any atom is 0.326 e. The van der Waals surface area contributed by atoms with Crippen molar-refractivity contribution in [1.82, 2.24) is 4.57 Å². The van der Waals surface area contributed by atoms with Crippen LogP contribution in [-0.4, -0.2) is 45.1 Å². The molecule has 1 aliphatic rings. The van der Waals surface area contributed by atoms with E-state index in [2.05, 4.69) is 4.99 Å². The molecule has 0 fully saturated rings. The van der Waals surface area contributed by atoms with E-state index in [0.29, 0.717) is 10.6 Å². The van der Waals surface area contributed by atoms with E-state index in [1.807, 2.05) is 6.07 Å². The largest absolute Gasteiger partial charge is 0.497 e. The van der Waals surface area contributed by atoms with Crippen molar-refractivity contribution in [1.29, 1.82) is 0 Å². The Balaban J connectivity index is 1.98. The van der Waals surface area contributed by atoms with Crippen LogP contribution in [0, 0.1) is 3.95 Å². The minimum atomic E-state index is -1.26. The van der Waals surface area contributed by atoms with Gasteiger partial charge in [0.1, 0.15) is 11.8 Å². The van der Waals surface area contributed by atoms with E-state index >= 15 is 0 Å².